The summed E-state index contributed by atoms with van der Waals surface area (Å²) in [5.41, 5.74) is 2.75. The largest absolute Gasteiger partial charge is 0.359 e. The minimum Gasteiger partial charge on any atom is -0.359 e. The molecule has 42 heavy (non-hydrogen) atoms. The third kappa shape index (κ3) is 4.85. The molecule has 0 aromatic heterocycles. The predicted octanol–water partition coefficient (Wildman–Crippen LogP) is 5.35. The lowest BCUT2D eigenvalue weighted by Crippen LogP contribution is -2.57. The highest BCUT2D eigenvalue weighted by atomic mass is 16.5. The van der Waals surface area contributed by atoms with Gasteiger partial charge in [-0.2, -0.15) is 0 Å². The summed E-state index contributed by atoms with van der Waals surface area (Å²) < 4.78 is 6.54. The van der Waals surface area contributed by atoms with Crippen LogP contribution in [0.1, 0.15) is 69.6 Å². The second kappa shape index (κ2) is 11.0. The first-order valence-corrected chi connectivity index (χ1v) is 15.5. The van der Waals surface area contributed by atoms with Crippen LogP contribution in [0.5, 0.6) is 0 Å². The number of rotatable bonds is 7. The lowest BCUT2D eigenvalue weighted by Gasteiger charge is -2.38. The van der Waals surface area contributed by atoms with Crippen molar-refractivity contribution in [3.63, 3.8) is 0 Å². The van der Waals surface area contributed by atoms with E-state index in [9.17, 15) is 14.4 Å². The number of likely N-dealkylation sites (tertiary alicyclic amines) is 1. The Morgan fingerprint density at radius 2 is 1.74 bits per heavy atom. The van der Waals surface area contributed by atoms with Gasteiger partial charge in [-0.3, -0.25) is 14.4 Å². The number of ether oxygens (including phenoxy) is 1. The molecule has 3 heterocycles. The molecule has 222 valence electrons. The summed E-state index contributed by atoms with van der Waals surface area (Å²) in [7, 11) is 0. The molecule has 0 radical (unpaired) electrons. The van der Waals surface area contributed by atoms with Crippen molar-refractivity contribution in [1.29, 1.82) is 0 Å². The maximum Gasteiger partial charge on any atom is 0.246 e. The molecule has 2 aromatic rings. The van der Waals surface area contributed by atoms with Crippen molar-refractivity contribution in [2.24, 2.45) is 23.7 Å². The van der Waals surface area contributed by atoms with Gasteiger partial charge in [-0.1, -0.05) is 94.7 Å². The molecule has 6 rings (SSSR count). The zero-order chi connectivity index (χ0) is 29.8. The molecule has 7 nitrogen and oxygen atoms in total. The fraction of sp³-hybridized carbons (Fsp3) is 0.514. The second-order valence-electron chi connectivity index (χ2n) is 13.3. The molecule has 2 aromatic carbocycles. The summed E-state index contributed by atoms with van der Waals surface area (Å²) in [5.74, 6) is -0.904. The number of hydrogen-bond donors (Lipinski definition) is 2. The van der Waals surface area contributed by atoms with Crippen LogP contribution in [-0.2, 0) is 25.7 Å². The van der Waals surface area contributed by atoms with Crippen LogP contribution in [-0.4, -0.2) is 46.4 Å². The number of benzene rings is 2. The van der Waals surface area contributed by atoms with Gasteiger partial charge in [0.05, 0.1) is 17.9 Å². The highest BCUT2D eigenvalue weighted by molar-refractivity contribution is 6.02. The van der Waals surface area contributed by atoms with Crippen LogP contribution in [0.15, 0.2) is 60.7 Å². The molecular formula is C35H43N3O4. The van der Waals surface area contributed by atoms with Crippen molar-refractivity contribution >= 4 is 23.4 Å². The van der Waals surface area contributed by atoms with Crippen molar-refractivity contribution < 1.29 is 19.1 Å². The average molecular weight is 570 g/mol. The van der Waals surface area contributed by atoms with E-state index in [1.165, 1.54) is 5.56 Å². The normalized spacial score (nSPS) is 33.2. The average Bonchev–Trinajstić information content (AvgIpc) is 3.60. The fourth-order valence-corrected chi connectivity index (χ4v) is 7.55. The van der Waals surface area contributed by atoms with Crippen LogP contribution in [0.4, 0.5) is 5.69 Å². The summed E-state index contributed by atoms with van der Waals surface area (Å²) in [6.07, 6.45) is 6.35. The SMILES string of the molecule is Cc1ccc(CN2C(=O)[C@H]3[C@H](C(=O)Nc4ccc(C(C)C)cc4)[C@H]4C=C[C@@]3(O4)[C@@H]2C(=O)N[C@@H]2CCC[C@H](C)[C@H]2C)cc1. The van der Waals surface area contributed by atoms with Gasteiger partial charge in [0.1, 0.15) is 11.6 Å². The van der Waals surface area contributed by atoms with Gasteiger partial charge in [0.25, 0.3) is 0 Å². The number of fused-ring (bicyclic) bond motifs is 1. The van der Waals surface area contributed by atoms with Crippen molar-refractivity contribution in [1.82, 2.24) is 10.2 Å². The third-order valence-corrected chi connectivity index (χ3v) is 10.3. The summed E-state index contributed by atoms with van der Waals surface area (Å²) in [6.45, 7) is 11.0. The zero-order valence-electron chi connectivity index (χ0n) is 25.3. The van der Waals surface area contributed by atoms with E-state index in [4.69, 9.17) is 4.74 Å². The molecule has 1 spiro atoms. The summed E-state index contributed by atoms with van der Waals surface area (Å²) in [5, 5.41) is 6.36. The molecule has 8 atom stereocenters. The number of nitrogens with zero attached hydrogens (tertiary/aromatic N) is 1. The molecular weight excluding hydrogens is 526 g/mol. The van der Waals surface area contributed by atoms with Crippen LogP contribution in [0, 0.1) is 30.6 Å². The molecule has 4 aliphatic rings. The van der Waals surface area contributed by atoms with Crippen molar-refractivity contribution in [3.8, 4) is 0 Å². The smallest absolute Gasteiger partial charge is 0.246 e. The highest BCUT2D eigenvalue weighted by Gasteiger charge is 2.72. The first-order chi connectivity index (χ1) is 20.1. The van der Waals surface area contributed by atoms with Gasteiger partial charge in [-0.05, 0) is 54.4 Å². The van der Waals surface area contributed by atoms with E-state index in [1.807, 2.05) is 67.6 Å². The fourth-order valence-electron chi connectivity index (χ4n) is 7.55. The predicted molar refractivity (Wildman–Crippen MR) is 163 cm³/mol. The number of nitrogens with one attached hydrogen (secondary N) is 2. The second-order valence-corrected chi connectivity index (χ2v) is 13.3. The Hall–Kier alpha value is -3.45. The van der Waals surface area contributed by atoms with Gasteiger partial charge in [-0.25, -0.2) is 0 Å². The van der Waals surface area contributed by atoms with Crippen LogP contribution < -0.4 is 10.6 Å². The Bertz CT molecular complexity index is 1380. The Morgan fingerprint density at radius 1 is 1.02 bits per heavy atom. The molecule has 1 aliphatic carbocycles. The lowest BCUT2D eigenvalue weighted by molar-refractivity contribution is -0.142. The van der Waals surface area contributed by atoms with E-state index in [0.717, 1.165) is 30.4 Å². The Morgan fingerprint density at radius 3 is 2.43 bits per heavy atom. The standard InChI is InChI=1S/C35H43N3O4/c1-20(2)25-13-15-26(16-14-25)36-32(39)29-28-17-18-35(42-28)30(29)34(41)38(19-24-11-9-21(3)10-12-24)31(35)33(40)37-27-8-6-7-22(4)23(27)5/h9-18,20,22-23,27-31H,6-8,19H2,1-5H3,(H,36,39)(H,37,40)/t22-,23+,27+,28+,29+,30+,31-,35-/m0/s1. The number of amides is 3. The first-order valence-electron chi connectivity index (χ1n) is 15.5. The number of aryl methyl sites for hydroxylation is 1. The van der Waals surface area contributed by atoms with Gasteiger partial charge in [0.2, 0.25) is 17.7 Å². The first kappa shape index (κ1) is 28.7. The summed E-state index contributed by atoms with van der Waals surface area (Å²) in [4.78, 5) is 44.0. The monoisotopic (exact) mass is 569 g/mol. The maximum absolute atomic E-state index is 14.3. The van der Waals surface area contributed by atoms with Gasteiger partial charge in [0.15, 0.2) is 0 Å². The number of anilines is 1. The Kier molecular flexibility index (Phi) is 7.50. The van der Waals surface area contributed by atoms with Crippen LogP contribution in [0.3, 0.4) is 0 Å². The van der Waals surface area contributed by atoms with Gasteiger partial charge < -0.3 is 20.3 Å². The van der Waals surface area contributed by atoms with Crippen LogP contribution in [0.2, 0.25) is 0 Å². The molecule has 3 aliphatic heterocycles. The minimum absolute atomic E-state index is 0.0449. The highest BCUT2D eigenvalue weighted by Crippen LogP contribution is 2.55. The van der Waals surface area contributed by atoms with E-state index in [0.29, 0.717) is 23.4 Å². The summed E-state index contributed by atoms with van der Waals surface area (Å²) in [6, 6.07) is 15.0. The van der Waals surface area contributed by atoms with Gasteiger partial charge in [-0.15, -0.1) is 0 Å². The quantitative estimate of drug-likeness (QED) is 0.440. The minimum atomic E-state index is -1.18. The van der Waals surface area contributed by atoms with E-state index in [1.54, 1.807) is 4.90 Å². The van der Waals surface area contributed by atoms with E-state index in [2.05, 4.69) is 38.3 Å². The van der Waals surface area contributed by atoms with Crippen molar-refractivity contribution in [2.45, 2.75) is 90.1 Å². The van der Waals surface area contributed by atoms with E-state index >= 15 is 0 Å². The molecule has 2 N–H and O–H groups in total. The van der Waals surface area contributed by atoms with E-state index in [-0.39, 0.29) is 30.3 Å². The molecule has 3 fully saturated rings. The third-order valence-electron chi connectivity index (χ3n) is 10.3. The molecule has 1 saturated carbocycles. The van der Waals surface area contributed by atoms with E-state index < -0.39 is 29.6 Å². The van der Waals surface area contributed by atoms with Crippen LogP contribution in [0.25, 0.3) is 0 Å². The molecule has 2 saturated heterocycles. The number of hydrogen-bond acceptors (Lipinski definition) is 4. The van der Waals surface area contributed by atoms with Crippen LogP contribution >= 0.6 is 0 Å². The topological polar surface area (TPSA) is 87.7 Å². The van der Waals surface area contributed by atoms with Gasteiger partial charge >= 0.3 is 0 Å². The lowest BCUT2D eigenvalue weighted by atomic mass is 9.73. The van der Waals surface area contributed by atoms with Gasteiger partial charge in [0, 0.05) is 18.3 Å². The molecule has 3 amide bonds. The van der Waals surface area contributed by atoms with Crippen molar-refractivity contribution in [2.75, 3.05) is 5.32 Å². The number of carbonyl (C=O) groups is 3. The maximum atomic E-state index is 14.3. The number of carbonyl (C=O) groups excluding carboxylic acids is 3. The zero-order valence-corrected chi connectivity index (χ0v) is 25.3. The summed E-state index contributed by atoms with van der Waals surface area (Å²) >= 11 is 0. The van der Waals surface area contributed by atoms with Crippen molar-refractivity contribution in [3.05, 3.63) is 77.4 Å². The Balaban J connectivity index is 1.30. The molecule has 7 heteroatoms. The molecule has 2 bridgehead atoms. The Labute approximate surface area is 249 Å². The molecule has 0 unspecified atom stereocenters.